The number of benzene rings is 3. The Morgan fingerprint density at radius 1 is 0.613 bits per heavy atom. The van der Waals surface area contributed by atoms with Crippen LogP contribution in [0.3, 0.4) is 0 Å². The second kappa shape index (κ2) is 30.2. The number of rotatable bonds is 7. The fourth-order valence-corrected chi connectivity index (χ4v) is 11.8. The maximum absolute atomic E-state index is 13.0. The molecule has 3 aromatic carbocycles. The van der Waals surface area contributed by atoms with Gasteiger partial charge in [0.2, 0.25) is 21.5 Å². The van der Waals surface area contributed by atoms with Crippen molar-refractivity contribution in [2.24, 2.45) is 0 Å². The average molecular weight is 1210 g/mol. The SMILES string of the molecule is COc1cc2c(cc1C(=O)Cl)CCCCC2.COc1cc2c(cc1C(=O)Nc1sc(C(C)(C)C)cc1C#N)CCCCC2.COc1cc2c(cc1C(=O)O)CCCCC2.Clc1nc(Cl)nc(Cl)n1.[C-]#[N+]c1cc(C(C)(C)C)sc1N. The molecule has 80 heavy (non-hydrogen) atoms. The molecule has 0 radical (unpaired) electrons. The van der Waals surface area contributed by atoms with Crippen LogP contribution in [0.5, 0.6) is 17.2 Å². The van der Waals surface area contributed by atoms with Crippen molar-refractivity contribution in [3.05, 3.63) is 141 Å². The van der Waals surface area contributed by atoms with Gasteiger partial charge in [0, 0.05) is 9.75 Å². The summed E-state index contributed by atoms with van der Waals surface area (Å²) in [5, 5.41) is 22.3. The van der Waals surface area contributed by atoms with Gasteiger partial charge in [-0.1, -0.05) is 60.8 Å². The molecule has 20 heteroatoms. The van der Waals surface area contributed by atoms with Crippen molar-refractivity contribution < 1.29 is 33.7 Å². The first-order valence-electron chi connectivity index (χ1n) is 26.3. The number of nitrogens with two attached hydrogens (primary N) is 1. The minimum atomic E-state index is -0.913. The van der Waals surface area contributed by atoms with Crippen LogP contribution in [0.1, 0.15) is 179 Å². The number of aromatic carboxylic acids is 1. The molecule has 0 unspecified atom stereocenters. The van der Waals surface area contributed by atoms with E-state index in [2.05, 4.69) is 72.7 Å². The standard InChI is InChI=1S/C22H26N2O2S.C13H15ClO2.C13H16O3.C9H12N2S.C3Cl3N3/c1-22(2,3)19-12-16(13-23)21(27-19)24-20(25)17-10-14-8-6-5-7-9-15(14)11-18(17)26-4;2*1-16-12-8-10-6-4-2-3-5-9(10)7-11(12)13(14)15;1-9(2,3)7-5-6(11-4)8(10)12-7;4-1-7-2(5)9-3(6)8-1/h10-12H,5-9H2,1-4H3,(H,24,25);7-8H,2-6H2,1H3;7-8H,2-6H2,1H3,(H,14,15);5H,10H2,1-3H3;. The average Bonchev–Trinajstić information content (AvgIpc) is 3.75. The summed E-state index contributed by atoms with van der Waals surface area (Å²) < 4.78 is 15.8. The number of anilines is 2. The second-order valence-corrected chi connectivity index (χ2v) is 24.8. The van der Waals surface area contributed by atoms with Gasteiger partial charge in [-0.2, -0.15) is 20.2 Å². The fourth-order valence-electron chi connectivity index (χ4n) is 9.09. The topological polar surface area (TPSA) is 204 Å². The van der Waals surface area contributed by atoms with Crippen molar-refractivity contribution >= 4 is 102 Å². The molecule has 3 aliphatic carbocycles. The molecule has 0 atom stereocenters. The first-order chi connectivity index (χ1) is 37.9. The van der Waals surface area contributed by atoms with Crippen molar-refractivity contribution in [1.29, 1.82) is 5.26 Å². The largest absolute Gasteiger partial charge is 0.496 e. The van der Waals surface area contributed by atoms with Crippen LogP contribution in [0.4, 0.5) is 15.7 Å². The number of nitrogen functional groups attached to an aromatic ring is 1. The number of nitrogens with one attached hydrogen (secondary N) is 1. The molecule has 1 amide bonds. The Morgan fingerprint density at radius 3 is 1.31 bits per heavy atom. The normalized spacial score (nSPS) is 13.5. The quantitative estimate of drug-likeness (QED) is 0.0776. The van der Waals surface area contributed by atoms with Crippen LogP contribution in [0.2, 0.25) is 15.9 Å². The number of thiophene rings is 2. The lowest BCUT2D eigenvalue weighted by Crippen LogP contribution is -2.14. The number of hydrogen-bond donors (Lipinski definition) is 3. The van der Waals surface area contributed by atoms with Crippen LogP contribution in [-0.2, 0) is 49.4 Å². The van der Waals surface area contributed by atoms with Gasteiger partial charge in [-0.25, -0.2) is 9.64 Å². The van der Waals surface area contributed by atoms with Crippen LogP contribution in [0.15, 0.2) is 48.5 Å². The zero-order chi connectivity index (χ0) is 58.9. The van der Waals surface area contributed by atoms with E-state index in [9.17, 15) is 19.6 Å². The number of nitrogens with zero attached hydrogens (tertiary/aromatic N) is 5. The molecule has 9 rings (SSSR count). The minimum Gasteiger partial charge on any atom is -0.496 e. The Bertz CT molecular complexity index is 3110. The molecule has 0 fully saturated rings. The van der Waals surface area contributed by atoms with Gasteiger partial charge in [0.25, 0.3) is 11.1 Å². The Morgan fingerprint density at radius 2 is 0.975 bits per heavy atom. The van der Waals surface area contributed by atoms with E-state index in [-0.39, 0.29) is 38.2 Å². The predicted octanol–water partition coefficient (Wildman–Crippen LogP) is 16.5. The molecule has 0 saturated heterocycles. The zero-order valence-corrected chi connectivity index (χ0v) is 51.4. The number of methoxy groups -OCH3 is 3. The van der Waals surface area contributed by atoms with Crippen molar-refractivity contribution in [3.8, 4) is 23.3 Å². The number of carbonyl (C=O) groups is 3. The number of carboxylic acids is 1. The van der Waals surface area contributed by atoms with E-state index in [1.54, 1.807) is 20.3 Å². The summed E-state index contributed by atoms with van der Waals surface area (Å²) in [7, 11) is 4.69. The number of ether oxygens (including phenoxy) is 3. The van der Waals surface area contributed by atoms with E-state index in [4.69, 9.17) is 78.0 Å². The molecule has 0 aliphatic heterocycles. The summed E-state index contributed by atoms with van der Waals surface area (Å²) in [6.07, 6.45) is 16.9. The van der Waals surface area contributed by atoms with Crippen molar-refractivity contribution in [1.82, 2.24) is 15.0 Å². The molecule has 426 valence electrons. The van der Waals surface area contributed by atoms with Crippen molar-refractivity contribution in [2.45, 2.75) is 149 Å². The monoisotopic (exact) mass is 1200 g/mol. The third-order valence-electron chi connectivity index (χ3n) is 13.4. The summed E-state index contributed by atoms with van der Waals surface area (Å²) in [4.78, 5) is 51.3. The molecule has 6 aromatic rings. The number of halogens is 4. The van der Waals surface area contributed by atoms with Gasteiger partial charge in [0.15, 0.2) is 0 Å². The molecule has 0 spiro atoms. The van der Waals surface area contributed by atoms with Crippen molar-refractivity contribution in [3.63, 3.8) is 0 Å². The first kappa shape index (κ1) is 64.8. The van der Waals surface area contributed by atoms with Gasteiger partial charge in [0.1, 0.15) is 33.9 Å². The Kier molecular flexibility index (Phi) is 24.5. The molecule has 0 saturated carbocycles. The molecular formula is C60H69Cl4N7O7S2. The molecule has 4 N–H and O–H groups in total. The highest BCUT2D eigenvalue weighted by Gasteiger charge is 2.24. The Balaban J connectivity index is 0.000000193. The summed E-state index contributed by atoms with van der Waals surface area (Å²) in [5.41, 5.74) is 15.6. The van der Waals surface area contributed by atoms with Gasteiger partial charge in [-0.15, -0.1) is 22.7 Å². The van der Waals surface area contributed by atoms with Crippen LogP contribution in [-0.4, -0.2) is 58.5 Å². The molecular weight excluding hydrogens is 1140 g/mol. The number of carbonyl (C=O) groups excluding carboxylic acids is 2. The van der Waals surface area contributed by atoms with Crippen LogP contribution in [0, 0.1) is 17.9 Å². The van der Waals surface area contributed by atoms with E-state index in [0.29, 0.717) is 49.6 Å². The molecule has 14 nitrogen and oxygen atoms in total. The molecule has 3 aromatic heterocycles. The number of fused-ring (bicyclic) bond motifs is 3. The second-order valence-electron chi connectivity index (χ2n) is 21.3. The molecule has 3 heterocycles. The highest BCUT2D eigenvalue weighted by molar-refractivity contribution is 7.17. The van der Waals surface area contributed by atoms with Gasteiger partial charge < -0.3 is 30.4 Å². The predicted molar refractivity (Wildman–Crippen MR) is 324 cm³/mol. The van der Waals surface area contributed by atoms with Crippen molar-refractivity contribution in [2.75, 3.05) is 32.4 Å². The van der Waals surface area contributed by atoms with E-state index in [1.807, 2.05) is 42.5 Å². The minimum absolute atomic E-state index is 0.000000000000000444. The van der Waals surface area contributed by atoms with Crippen LogP contribution >= 0.6 is 69.1 Å². The summed E-state index contributed by atoms with van der Waals surface area (Å²) >= 11 is 24.5. The first-order valence-corrected chi connectivity index (χ1v) is 29.4. The van der Waals surface area contributed by atoms with Crippen LogP contribution in [0.25, 0.3) is 4.85 Å². The van der Waals surface area contributed by atoms with E-state index >= 15 is 0 Å². The summed E-state index contributed by atoms with van der Waals surface area (Å²) in [5.74, 6) is 0.537. The third kappa shape index (κ3) is 18.5. The number of carboxylic acid groups (broad SMARTS) is 1. The summed E-state index contributed by atoms with van der Waals surface area (Å²) in [6, 6.07) is 17.5. The maximum Gasteiger partial charge on any atom is 0.339 e. The molecule has 3 aliphatic rings. The lowest BCUT2D eigenvalue weighted by molar-refractivity contribution is 0.0692. The van der Waals surface area contributed by atoms with E-state index < -0.39 is 11.2 Å². The fraction of sp³-hybridized carbons (Fsp3) is 0.433. The van der Waals surface area contributed by atoms with E-state index in [1.165, 1.54) is 113 Å². The number of aryl methyl sites for hydroxylation is 6. The third-order valence-corrected chi connectivity index (χ3v) is 17.0. The van der Waals surface area contributed by atoms with Gasteiger partial charge >= 0.3 is 5.97 Å². The highest BCUT2D eigenvalue weighted by atomic mass is 35.5. The summed E-state index contributed by atoms with van der Waals surface area (Å²) in [6.45, 7) is 19.5. The highest BCUT2D eigenvalue weighted by Crippen LogP contribution is 2.40. The zero-order valence-electron chi connectivity index (χ0n) is 46.8. The van der Waals surface area contributed by atoms with E-state index in [0.717, 1.165) is 56.2 Å². The number of amides is 1. The maximum atomic E-state index is 13.0. The van der Waals surface area contributed by atoms with Gasteiger partial charge in [-0.3, -0.25) is 9.59 Å². The van der Waals surface area contributed by atoms with Gasteiger partial charge in [-0.05, 0) is 216 Å². The Hall–Kier alpha value is -5.98. The lowest BCUT2D eigenvalue weighted by atomic mass is 9.94. The lowest BCUT2D eigenvalue weighted by Gasteiger charge is -2.15. The molecule has 0 bridgehead atoms. The number of hydrogen-bond acceptors (Lipinski definition) is 13. The number of aromatic nitrogens is 3. The van der Waals surface area contributed by atoms with Crippen LogP contribution < -0.4 is 25.3 Å². The number of nitriles is 1. The smallest absolute Gasteiger partial charge is 0.339 e. The Labute approximate surface area is 498 Å². The van der Waals surface area contributed by atoms with Gasteiger partial charge in [0.05, 0.1) is 49.6 Å².